The number of H-pyrrole nitrogens is 2. The van der Waals surface area contributed by atoms with Gasteiger partial charge in [-0.2, -0.15) is 0 Å². The summed E-state index contributed by atoms with van der Waals surface area (Å²) in [7, 11) is 0. The Kier molecular flexibility index (Phi) is 14.2. The van der Waals surface area contributed by atoms with Crippen molar-refractivity contribution in [2.45, 2.75) is 25.7 Å². The number of hydrogen-bond donors (Lipinski definition) is 6. The fraction of sp³-hybridized carbons (Fsp3) is 0.143. The number of hydrogen-bond acceptors (Lipinski definition) is 10. The maximum absolute atomic E-state index is 11.6. The summed E-state index contributed by atoms with van der Waals surface area (Å²) in [6.07, 6.45) is 6.56. The van der Waals surface area contributed by atoms with E-state index in [1.165, 1.54) is 0 Å². The molecule has 6 N–H and O–H groups in total. The molecule has 16 heteroatoms. The van der Waals surface area contributed by atoms with Crippen LogP contribution in [-0.4, -0.2) is 90.7 Å². The molecule has 0 unspecified atom stereocenters. The molecule has 16 nitrogen and oxygen atoms in total. The average molecular weight is 967 g/mol. The number of aromatic amines is 2. The summed E-state index contributed by atoms with van der Waals surface area (Å²) in [5.74, 6) is -2.39. The third-order valence-electron chi connectivity index (χ3n) is 11.7. The molecule has 0 fully saturated rings. The van der Waals surface area contributed by atoms with E-state index in [1.807, 2.05) is 97.1 Å². The molecule has 362 valence electrons. The van der Waals surface area contributed by atoms with Crippen LogP contribution < -0.4 is 18.9 Å². The van der Waals surface area contributed by atoms with E-state index in [-0.39, 0.29) is 52.1 Å². The molecular formula is C56H46N4O12. The molecule has 8 bridgehead atoms. The number of aromatic nitrogens is 4. The molecule has 0 radical (unpaired) electrons. The Morgan fingerprint density at radius 2 is 0.569 bits per heavy atom. The van der Waals surface area contributed by atoms with Crippen molar-refractivity contribution in [3.8, 4) is 67.5 Å². The number of rotatable bonds is 20. The zero-order valence-electron chi connectivity index (χ0n) is 38.5. The number of carbonyl (C=O) groups is 4. The van der Waals surface area contributed by atoms with Gasteiger partial charge >= 0.3 is 23.9 Å². The zero-order valence-corrected chi connectivity index (χ0v) is 38.5. The van der Waals surface area contributed by atoms with Crippen LogP contribution in [0.4, 0.5) is 0 Å². The van der Waals surface area contributed by atoms with Crippen molar-refractivity contribution in [1.82, 2.24) is 19.9 Å². The number of fused-ring (bicyclic) bond motifs is 8. The van der Waals surface area contributed by atoms with Gasteiger partial charge in [0.25, 0.3) is 0 Å². The molecule has 0 aliphatic carbocycles. The Labute approximate surface area is 411 Å². The van der Waals surface area contributed by atoms with Crippen LogP contribution in [0.1, 0.15) is 48.5 Å². The second kappa shape index (κ2) is 21.5. The third kappa shape index (κ3) is 10.6. The van der Waals surface area contributed by atoms with Gasteiger partial charge in [-0.05, 0) is 72.8 Å². The summed E-state index contributed by atoms with van der Waals surface area (Å²) in [6, 6.07) is 36.7. The van der Waals surface area contributed by atoms with Crippen molar-refractivity contribution in [2.75, 3.05) is 26.4 Å². The van der Waals surface area contributed by atoms with E-state index in [1.54, 1.807) is 48.5 Å². The Morgan fingerprint density at radius 1 is 0.347 bits per heavy atom. The van der Waals surface area contributed by atoms with Gasteiger partial charge in [-0.3, -0.25) is 19.2 Å². The highest BCUT2D eigenvalue weighted by Gasteiger charge is 2.23. The molecule has 9 rings (SSSR count). The first-order chi connectivity index (χ1) is 35.0. The van der Waals surface area contributed by atoms with Gasteiger partial charge in [0, 0.05) is 66.6 Å². The lowest BCUT2D eigenvalue weighted by Crippen LogP contribution is -2.05. The number of aliphatic carboxylic acids is 4. The average Bonchev–Trinajstić information content (AvgIpc) is 4.22. The molecule has 7 aromatic rings. The first-order valence-electron chi connectivity index (χ1n) is 22.9. The summed E-state index contributed by atoms with van der Waals surface area (Å²) in [4.78, 5) is 64.5. The number of nitrogens with one attached hydrogen (secondary N) is 2. The number of nitrogens with zero attached hydrogens (tertiary/aromatic N) is 2. The van der Waals surface area contributed by atoms with Crippen molar-refractivity contribution in [3.63, 3.8) is 0 Å². The lowest BCUT2D eigenvalue weighted by molar-refractivity contribution is -0.138. The standard InChI is InChI=1S/C56H46N4O12/c61-49(62)25-29-69-45-13-5-1-9-33(45)53-37-17-19-39(57-37)54(34-10-2-6-14-46(34)70-30-26-50(63)64)41-21-23-43(59-41)56(36-12-4-8-16-48(36)72-32-28-52(67)68)44-24-22-42(60-44)55(40-20-18-38(53)58-40)35-11-3-7-15-47(35)71-31-27-51(65)66/h1-24,57,60H,25-32H2,(H,61,62)(H,63,64)(H,65,66)(H,67,68). The maximum atomic E-state index is 11.6. The predicted molar refractivity (Wildman–Crippen MR) is 272 cm³/mol. The number of carboxylic acids is 4. The van der Waals surface area contributed by atoms with E-state index in [9.17, 15) is 39.6 Å². The van der Waals surface area contributed by atoms with E-state index < -0.39 is 23.9 Å². The zero-order chi connectivity index (χ0) is 50.1. The van der Waals surface area contributed by atoms with Gasteiger partial charge < -0.3 is 49.3 Å². The van der Waals surface area contributed by atoms with Crippen molar-refractivity contribution >= 4 is 70.2 Å². The molecule has 0 amide bonds. The predicted octanol–water partition coefficient (Wildman–Crippen LogP) is 10.7. The van der Waals surface area contributed by atoms with Crippen molar-refractivity contribution in [2.24, 2.45) is 0 Å². The van der Waals surface area contributed by atoms with Gasteiger partial charge in [0.1, 0.15) is 23.0 Å². The topological polar surface area (TPSA) is 243 Å². The number of carboxylic acid groups (broad SMARTS) is 4. The molecule has 0 spiro atoms. The molecule has 2 aliphatic heterocycles. The number of ether oxygens (including phenoxy) is 4. The summed E-state index contributed by atoms with van der Waals surface area (Å²) < 4.78 is 24.6. The molecule has 5 heterocycles. The molecule has 0 saturated carbocycles. The molecule has 72 heavy (non-hydrogen) atoms. The second-order valence-corrected chi connectivity index (χ2v) is 16.5. The normalized spacial score (nSPS) is 11.6. The molecular weight excluding hydrogens is 921 g/mol. The smallest absolute Gasteiger partial charge is 0.306 e. The monoisotopic (exact) mass is 966 g/mol. The van der Waals surface area contributed by atoms with E-state index in [0.29, 0.717) is 112 Å². The quantitative estimate of drug-likeness (QED) is 0.0416. The molecule has 2 aliphatic rings. The highest BCUT2D eigenvalue weighted by molar-refractivity contribution is 6.01. The van der Waals surface area contributed by atoms with Gasteiger partial charge in [-0.25, -0.2) is 9.97 Å². The van der Waals surface area contributed by atoms with Crippen molar-refractivity contribution in [1.29, 1.82) is 0 Å². The lowest BCUT2D eigenvalue weighted by atomic mass is 10.0. The van der Waals surface area contributed by atoms with Crippen LogP contribution in [-0.2, 0) is 19.2 Å². The van der Waals surface area contributed by atoms with Crippen LogP contribution in [0.3, 0.4) is 0 Å². The van der Waals surface area contributed by atoms with E-state index >= 15 is 0 Å². The minimum atomic E-state index is -1.01. The van der Waals surface area contributed by atoms with Crippen LogP contribution in [0, 0.1) is 0 Å². The molecule has 3 aromatic heterocycles. The molecule has 0 atom stereocenters. The van der Waals surface area contributed by atoms with Crippen molar-refractivity contribution < 1.29 is 58.6 Å². The van der Waals surface area contributed by atoms with Crippen LogP contribution in [0.25, 0.3) is 90.9 Å². The SMILES string of the molecule is O=C(O)CCOc1ccccc1-c1c2nc(c(-c3ccccc3OCCC(=O)O)c3ccc([nH]3)c(-c3ccccc3OCCC(=O)O)c3nc(c(-c4ccccc4OCCC(=O)O)c4ccc1[nH]4)C=C3)C=C2. The van der Waals surface area contributed by atoms with Gasteiger partial charge in [0.15, 0.2) is 0 Å². The minimum Gasteiger partial charge on any atom is -0.492 e. The first-order valence-corrected chi connectivity index (χ1v) is 22.9. The van der Waals surface area contributed by atoms with Crippen LogP contribution in [0.15, 0.2) is 121 Å². The first kappa shape index (κ1) is 47.6. The minimum absolute atomic E-state index is 0.0967. The largest absolute Gasteiger partial charge is 0.492 e. The van der Waals surface area contributed by atoms with Gasteiger partial charge in [-0.1, -0.05) is 72.8 Å². The second-order valence-electron chi connectivity index (χ2n) is 16.5. The number of para-hydroxylation sites is 4. The highest BCUT2D eigenvalue weighted by Crippen LogP contribution is 2.44. The summed E-state index contributed by atoms with van der Waals surface area (Å²) in [5, 5.41) is 38.0. The van der Waals surface area contributed by atoms with Crippen molar-refractivity contribution in [3.05, 3.63) is 144 Å². The molecule has 0 saturated heterocycles. The summed E-state index contributed by atoms with van der Waals surface area (Å²) in [6.45, 7) is -0.387. The maximum Gasteiger partial charge on any atom is 0.306 e. The van der Waals surface area contributed by atoms with E-state index in [2.05, 4.69) is 9.97 Å². The molecule has 4 aromatic carbocycles. The highest BCUT2D eigenvalue weighted by atomic mass is 16.5. The Hall–Kier alpha value is -9.44. The Morgan fingerprint density at radius 3 is 0.792 bits per heavy atom. The fourth-order valence-electron chi connectivity index (χ4n) is 8.53. The third-order valence-corrected chi connectivity index (χ3v) is 11.7. The Bertz CT molecular complexity index is 3040. The van der Waals surface area contributed by atoms with E-state index in [0.717, 1.165) is 0 Å². The van der Waals surface area contributed by atoms with Crippen LogP contribution >= 0.6 is 0 Å². The van der Waals surface area contributed by atoms with Gasteiger partial charge in [-0.15, -0.1) is 0 Å². The lowest BCUT2D eigenvalue weighted by Gasteiger charge is -2.13. The summed E-state index contributed by atoms with van der Waals surface area (Å²) >= 11 is 0. The van der Waals surface area contributed by atoms with Crippen LogP contribution in [0.5, 0.6) is 23.0 Å². The van der Waals surface area contributed by atoms with E-state index in [4.69, 9.17) is 28.9 Å². The van der Waals surface area contributed by atoms with Crippen LogP contribution in [0.2, 0.25) is 0 Å². The van der Waals surface area contributed by atoms with Gasteiger partial charge in [0.2, 0.25) is 0 Å². The Balaban J connectivity index is 1.41. The number of benzene rings is 4. The fourth-order valence-corrected chi connectivity index (χ4v) is 8.53. The van der Waals surface area contributed by atoms with Gasteiger partial charge in [0.05, 0.1) is 74.9 Å². The summed E-state index contributed by atoms with van der Waals surface area (Å²) in [5.41, 5.74) is 9.35.